The lowest BCUT2D eigenvalue weighted by atomic mass is 9.81. The number of benzene rings is 1. The molecule has 1 aromatic rings. The van der Waals surface area contributed by atoms with Crippen molar-refractivity contribution >= 4 is 33.4 Å². The van der Waals surface area contributed by atoms with E-state index in [4.69, 9.17) is 0 Å². The summed E-state index contributed by atoms with van der Waals surface area (Å²) in [4.78, 5) is 24.5. The maximum Gasteiger partial charge on any atom is 0.227 e. The minimum atomic E-state index is 0.0167. The van der Waals surface area contributed by atoms with E-state index in [0.29, 0.717) is 6.04 Å². The summed E-state index contributed by atoms with van der Waals surface area (Å²) < 4.78 is 1.01. The molecular weight excluding hydrogens is 356 g/mol. The number of aryl methyl sites for hydroxylation is 1. The summed E-state index contributed by atoms with van der Waals surface area (Å²) in [7, 11) is 0. The van der Waals surface area contributed by atoms with Crippen molar-refractivity contribution in [2.45, 2.75) is 51.5 Å². The maximum absolute atomic E-state index is 12.4. The minimum Gasteiger partial charge on any atom is -0.353 e. The molecule has 0 spiro atoms. The Hall–Kier alpha value is -1.36. The fourth-order valence-electron chi connectivity index (χ4n) is 3.17. The molecular formula is C18H23BrN2O2. The van der Waals surface area contributed by atoms with Crippen molar-refractivity contribution in [3.63, 3.8) is 0 Å². The maximum atomic E-state index is 12.4. The van der Waals surface area contributed by atoms with Crippen LogP contribution >= 0.6 is 15.9 Å². The van der Waals surface area contributed by atoms with E-state index in [9.17, 15) is 9.59 Å². The lowest BCUT2D eigenvalue weighted by Gasteiger charge is -2.27. The number of carbonyl (C=O) groups excluding carboxylic acids is 2. The molecule has 4 nitrogen and oxygen atoms in total. The first kappa shape index (κ1) is 16.5. The normalized spacial score (nSPS) is 24.1. The molecule has 0 radical (unpaired) electrons. The van der Waals surface area contributed by atoms with Gasteiger partial charge in [-0.05, 0) is 69.2 Å². The molecule has 0 aromatic heterocycles. The molecule has 2 aliphatic rings. The first-order chi connectivity index (χ1) is 11.0. The van der Waals surface area contributed by atoms with E-state index in [1.165, 1.54) is 0 Å². The summed E-state index contributed by atoms with van der Waals surface area (Å²) >= 11 is 3.43. The van der Waals surface area contributed by atoms with Gasteiger partial charge in [-0.15, -0.1) is 0 Å². The van der Waals surface area contributed by atoms with Crippen LogP contribution < -0.4 is 10.6 Å². The van der Waals surface area contributed by atoms with Crippen LogP contribution in [-0.2, 0) is 9.59 Å². The molecule has 2 fully saturated rings. The highest BCUT2D eigenvalue weighted by molar-refractivity contribution is 9.10. The van der Waals surface area contributed by atoms with E-state index in [2.05, 4.69) is 26.6 Å². The van der Waals surface area contributed by atoms with Crippen molar-refractivity contribution < 1.29 is 9.59 Å². The second kappa shape index (κ2) is 7.04. The van der Waals surface area contributed by atoms with E-state index in [1.807, 2.05) is 25.1 Å². The molecule has 0 atom stereocenters. The quantitative estimate of drug-likeness (QED) is 0.837. The minimum absolute atomic E-state index is 0.0167. The third-order valence-electron chi connectivity index (χ3n) is 4.84. The molecule has 124 valence electrons. The van der Waals surface area contributed by atoms with Crippen molar-refractivity contribution in [2.75, 3.05) is 5.32 Å². The van der Waals surface area contributed by atoms with Crippen LogP contribution in [0, 0.1) is 18.8 Å². The smallest absolute Gasteiger partial charge is 0.227 e. The highest BCUT2D eigenvalue weighted by Crippen LogP contribution is 2.31. The predicted octanol–water partition coefficient (Wildman–Crippen LogP) is 3.78. The molecule has 0 saturated heterocycles. The monoisotopic (exact) mass is 378 g/mol. The molecule has 0 unspecified atom stereocenters. The fraction of sp³-hybridized carbons (Fsp3) is 0.556. The van der Waals surface area contributed by atoms with Crippen molar-refractivity contribution in [3.8, 4) is 0 Å². The zero-order valence-electron chi connectivity index (χ0n) is 13.4. The molecule has 2 saturated carbocycles. The number of rotatable bonds is 4. The lowest BCUT2D eigenvalue weighted by molar-refractivity contribution is -0.128. The first-order valence-electron chi connectivity index (χ1n) is 8.40. The van der Waals surface area contributed by atoms with Crippen LogP contribution in [0.3, 0.4) is 0 Å². The third-order valence-corrected chi connectivity index (χ3v) is 5.33. The average molecular weight is 379 g/mol. The van der Waals surface area contributed by atoms with Gasteiger partial charge in [-0.1, -0.05) is 15.9 Å². The van der Waals surface area contributed by atoms with Gasteiger partial charge >= 0.3 is 0 Å². The SMILES string of the molecule is Cc1cc(Br)ccc1NC(=O)C1CCC(C(=O)NC2CC2)CC1. The molecule has 5 heteroatoms. The molecule has 2 aliphatic carbocycles. The van der Waals surface area contributed by atoms with Crippen LogP contribution in [0.1, 0.15) is 44.1 Å². The Bertz CT molecular complexity index is 605. The average Bonchev–Trinajstić information content (AvgIpc) is 3.34. The molecule has 2 amide bonds. The molecule has 0 bridgehead atoms. The van der Waals surface area contributed by atoms with Gasteiger partial charge in [-0.3, -0.25) is 9.59 Å². The zero-order valence-corrected chi connectivity index (χ0v) is 15.0. The van der Waals surface area contributed by atoms with E-state index in [0.717, 1.165) is 54.2 Å². The van der Waals surface area contributed by atoms with Crippen LogP contribution in [0.15, 0.2) is 22.7 Å². The van der Waals surface area contributed by atoms with Crippen LogP contribution in [0.2, 0.25) is 0 Å². The highest BCUT2D eigenvalue weighted by atomic mass is 79.9. The molecule has 2 N–H and O–H groups in total. The van der Waals surface area contributed by atoms with Crippen molar-refractivity contribution in [1.82, 2.24) is 5.32 Å². The number of amides is 2. The first-order valence-corrected chi connectivity index (χ1v) is 9.19. The molecule has 23 heavy (non-hydrogen) atoms. The number of anilines is 1. The van der Waals surface area contributed by atoms with Gasteiger partial charge in [-0.2, -0.15) is 0 Å². The van der Waals surface area contributed by atoms with Gasteiger partial charge in [-0.25, -0.2) is 0 Å². The second-order valence-electron chi connectivity index (χ2n) is 6.78. The van der Waals surface area contributed by atoms with Gasteiger partial charge in [0.15, 0.2) is 0 Å². The van der Waals surface area contributed by atoms with Crippen molar-refractivity contribution in [2.24, 2.45) is 11.8 Å². The zero-order chi connectivity index (χ0) is 16.4. The van der Waals surface area contributed by atoms with E-state index in [-0.39, 0.29) is 23.7 Å². The molecule has 3 rings (SSSR count). The van der Waals surface area contributed by atoms with Crippen LogP contribution in [-0.4, -0.2) is 17.9 Å². The van der Waals surface area contributed by atoms with Crippen molar-refractivity contribution in [1.29, 1.82) is 0 Å². The summed E-state index contributed by atoms with van der Waals surface area (Å²) in [5.41, 5.74) is 1.91. The second-order valence-corrected chi connectivity index (χ2v) is 7.70. The Morgan fingerprint density at radius 1 is 1.00 bits per heavy atom. The van der Waals surface area contributed by atoms with Gasteiger partial charge in [0.2, 0.25) is 11.8 Å². The Kier molecular flexibility index (Phi) is 5.05. The Morgan fingerprint density at radius 3 is 2.17 bits per heavy atom. The van der Waals surface area contributed by atoms with E-state index >= 15 is 0 Å². The number of carbonyl (C=O) groups is 2. The van der Waals surface area contributed by atoms with Gasteiger partial charge in [0.25, 0.3) is 0 Å². The van der Waals surface area contributed by atoms with Gasteiger partial charge in [0.1, 0.15) is 0 Å². The summed E-state index contributed by atoms with van der Waals surface area (Å²) in [6, 6.07) is 6.27. The Balaban J connectivity index is 1.50. The van der Waals surface area contributed by atoms with Crippen LogP contribution in [0.5, 0.6) is 0 Å². The summed E-state index contributed by atoms with van der Waals surface area (Å²) in [5.74, 6) is 0.378. The topological polar surface area (TPSA) is 58.2 Å². The number of hydrogen-bond donors (Lipinski definition) is 2. The van der Waals surface area contributed by atoms with Gasteiger partial charge in [0.05, 0.1) is 0 Å². The van der Waals surface area contributed by atoms with E-state index in [1.54, 1.807) is 0 Å². The number of hydrogen-bond acceptors (Lipinski definition) is 2. The predicted molar refractivity (Wildman–Crippen MR) is 94.1 cm³/mol. The van der Waals surface area contributed by atoms with Gasteiger partial charge < -0.3 is 10.6 Å². The number of nitrogens with one attached hydrogen (secondary N) is 2. The van der Waals surface area contributed by atoms with Crippen LogP contribution in [0.25, 0.3) is 0 Å². The van der Waals surface area contributed by atoms with Crippen LogP contribution in [0.4, 0.5) is 5.69 Å². The third kappa shape index (κ3) is 4.34. The lowest BCUT2D eigenvalue weighted by Crippen LogP contribution is -2.36. The summed E-state index contributed by atoms with van der Waals surface area (Å²) in [6.45, 7) is 1.99. The summed E-state index contributed by atoms with van der Waals surface area (Å²) in [5, 5.41) is 6.11. The Labute approximate surface area is 145 Å². The number of halogens is 1. The fourth-order valence-corrected chi connectivity index (χ4v) is 3.64. The molecule has 1 aromatic carbocycles. The summed E-state index contributed by atoms with van der Waals surface area (Å²) in [6.07, 6.45) is 5.46. The molecule has 0 aliphatic heterocycles. The largest absolute Gasteiger partial charge is 0.353 e. The van der Waals surface area contributed by atoms with Crippen molar-refractivity contribution in [3.05, 3.63) is 28.2 Å². The Morgan fingerprint density at radius 2 is 1.61 bits per heavy atom. The van der Waals surface area contributed by atoms with Gasteiger partial charge in [0, 0.05) is 28.0 Å². The highest BCUT2D eigenvalue weighted by Gasteiger charge is 2.32. The van der Waals surface area contributed by atoms with E-state index < -0.39 is 0 Å². The molecule has 0 heterocycles. The standard InChI is InChI=1S/C18H23BrN2O2/c1-11-10-14(19)6-9-16(11)21-18(23)13-4-2-12(3-5-13)17(22)20-15-7-8-15/h6,9-10,12-13,15H,2-5,7-8H2,1H3,(H,20,22)(H,21,23).